The molecular weight excluding hydrogens is 562 g/mol. The second kappa shape index (κ2) is 13.2. The zero-order chi connectivity index (χ0) is 30.4. The van der Waals surface area contributed by atoms with Crippen LogP contribution in [0.5, 0.6) is 5.88 Å². The highest BCUT2D eigenvalue weighted by Crippen LogP contribution is 2.40. The second-order valence-corrected chi connectivity index (χ2v) is 10.3. The number of likely N-dealkylation sites (tertiary alicyclic amines) is 1. The zero-order valence-corrected chi connectivity index (χ0v) is 23.5. The average molecular weight is 594 g/mol. The minimum Gasteiger partial charge on any atom is -0.473 e. The van der Waals surface area contributed by atoms with E-state index < -0.39 is 18.5 Å². The number of nitrogens with one attached hydrogen (secondary N) is 2. The molecule has 0 spiro atoms. The quantitative estimate of drug-likeness (QED) is 0.138. The Hall–Kier alpha value is -4.51. The summed E-state index contributed by atoms with van der Waals surface area (Å²) in [6, 6.07) is 16.4. The molecule has 2 aromatic carbocycles. The van der Waals surface area contributed by atoms with Gasteiger partial charge in [-0.25, -0.2) is 4.98 Å². The maximum Gasteiger partial charge on any atom is 0.393 e. The van der Waals surface area contributed by atoms with E-state index in [9.17, 15) is 22.4 Å². The largest absolute Gasteiger partial charge is 0.473 e. The van der Waals surface area contributed by atoms with Crippen LogP contribution in [-0.4, -0.2) is 65.0 Å². The fourth-order valence-corrected chi connectivity index (χ4v) is 5.26. The third-order valence-corrected chi connectivity index (χ3v) is 7.26. The molecule has 1 fully saturated rings. The van der Waals surface area contributed by atoms with E-state index in [2.05, 4.69) is 25.4 Å². The van der Waals surface area contributed by atoms with Gasteiger partial charge in [0.05, 0.1) is 17.3 Å². The van der Waals surface area contributed by atoms with E-state index in [1.54, 1.807) is 67.7 Å². The zero-order valence-electron chi connectivity index (χ0n) is 23.5. The Morgan fingerprint density at radius 2 is 1.91 bits per heavy atom. The van der Waals surface area contributed by atoms with Crippen molar-refractivity contribution in [3.8, 4) is 5.88 Å². The number of benzene rings is 2. The Kier molecular flexibility index (Phi) is 9.20. The van der Waals surface area contributed by atoms with Gasteiger partial charge in [0.2, 0.25) is 17.7 Å². The van der Waals surface area contributed by atoms with Crippen LogP contribution in [0.15, 0.2) is 79.0 Å². The van der Waals surface area contributed by atoms with E-state index in [0.29, 0.717) is 41.2 Å². The number of alkyl halides is 3. The minimum atomic E-state index is -4.50. The number of H-pyrrole nitrogens is 1. The molecule has 2 aromatic heterocycles. The van der Waals surface area contributed by atoms with Crippen molar-refractivity contribution in [1.82, 2.24) is 25.4 Å². The number of pyridine rings is 1. The molecule has 0 aliphatic carbocycles. The number of amides is 1. The smallest absolute Gasteiger partial charge is 0.393 e. The lowest BCUT2D eigenvalue weighted by Crippen LogP contribution is -2.41. The van der Waals surface area contributed by atoms with Gasteiger partial charge in [0.15, 0.2) is 0 Å². The fraction of sp³-hybridized carbons (Fsp3) is 0.281. The number of ether oxygens (including phenoxy) is 1. The summed E-state index contributed by atoms with van der Waals surface area (Å²) in [5, 5.41) is 8.90. The number of hydrogen-bond donors (Lipinski definition) is 2. The highest BCUT2D eigenvalue weighted by molar-refractivity contribution is 6.00. The van der Waals surface area contributed by atoms with E-state index in [-0.39, 0.29) is 28.5 Å². The van der Waals surface area contributed by atoms with Crippen molar-refractivity contribution < 1.29 is 27.1 Å². The number of carbonyl (C=O) groups excluding carboxylic acids is 1. The number of allylic oxidation sites excluding steroid dienone is 1. The van der Waals surface area contributed by atoms with Crippen molar-refractivity contribution in [2.75, 3.05) is 26.7 Å². The van der Waals surface area contributed by atoms with Gasteiger partial charge in [0, 0.05) is 44.0 Å². The summed E-state index contributed by atoms with van der Waals surface area (Å²) in [5.41, 5.74) is 2.00. The monoisotopic (exact) mass is 593 g/mol. The van der Waals surface area contributed by atoms with Crippen molar-refractivity contribution in [3.05, 3.63) is 102 Å². The molecule has 11 heteroatoms. The summed E-state index contributed by atoms with van der Waals surface area (Å²) in [5.74, 6) is -0.548. The van der Waals surface area contributed by atoms with Gasteiger partial charge in [-0.05, 0) is 59.9 Å². The SMILES string of the molecule is CNC(=O)/C=C/CN1CCC[C@@H](Oc2ccc(/C(=C(/CC(F)(F)F)c3ccccc3)c3ccc4[nH]nc(F)c4c3)cn2)C1. The van der Waals surface area contributed by atoms with Crippen LogP contribution in [0.4, 0.5) is 17.6 Å². The maximum atomic E-state index is 14.4. The average Bonchev–Trinajstić information content (AvgIpc) is 3.37. The number of fused-ring (bicyclic) bond motifs is 1. The molecular formula is C32H31F4N5O2. The predicted molar refractivity (Wildman–Crippen MR) is 157 cm³/mol. The first kappa shape index (κ1) is 30.0. The van der Waals surface area contributed by atoms with Gasteiger partial charge in [-0.3, -0.25) is 14.8 Å². The number of piperidine rings is 1. The molecule has 0 saturated carbocycles. The first-order chi connectivity index (χ1) is 20.7. The molecule has 1 amide bonds. The van der Waals surface area contributed by atoms with Gasteiger partial charge in [0.25, 0.3) is 0 Å². The van der Waals surface area contributed by atoms with E-state index in [0.717, 1.165) is 19.4 Å². The van der Waals surface area contributed by atoms with Crippen LogP contribution < -0.4 is 10.1 Å². The van der Waals surface area contributed by atoms with Crippen molar-refractivity contribution in [2.45, 2.75) is 31.5 Å². The van der Waals surface area contributed by atoms with Crippen molar-refractivity contribution in [1.29, 1.82) is 0 Å². The molecule has 0 unspecified atom stereocenters. The maximum absolute atomic E-state index is 14.4. The Bertz CT molecular complexity index is 1610. The number of aromatic nitrogens is 3. The van der Waals surface area contributed by atoms with Gasteiger partial charge in [-0.2, -0.15) is 17.6 Å². The molecule has 3 heterocycles. The lowest BCUT2D eigenvalue weighted by Gasteiger charge is -2.31. The van der Waals surface area contributed by atoms with E-state index in [1.807, 2.05) is 0 Å². The number of likely N-dealkylation sites (N-methyl/N-ethyl adjacent to an activating group) is 1. The number of carbonyl (C=O) groups is 1. The summed E-state index contributed by atoms with van der Waals surface area (Å²) >= 11 is 0. The molecule has 1 aliphatic heterocycles. The van der Waals surface area contributed by atoms with Crippen LogP contribution >= 0.6 is 0 Å². The third-order valence-electron chi connectivity index (χ3n) is 7.26. The molecule has 7 nitrogen and oxygen atoms in total. The van der Waals surface area contributed by atoms with Gasteiger partial charge < -0.3 is 10.1 Å². The standard InChI is InChI=1S/C32H31F4N5O2/c1-37-28(42)10-6-16-41-15-5-9-24(20-41)43-29-14-12-23(19-38-29)30(22-11-13-27-25(17-22)31(33)40-39-27)26(18-32(34,35)36)21-7-3-2-4-8-21/h2-4,6-8,10-14,17,19,24H,5,9,15-16,18,20H2,1H3,(H,37,42)(H,39,40)/b10-6+,30-26-/t24-/m1/s1. The highest BCUT2D eigenvalue weighted by Gasteiger charge is 2.32. The normalized spacial score (nSPS) is 16.8. The number of aromatic amines is 1. The van der Waals surface area contributed by atoms with Crippen LogP contribution in [0.1, 0.15) is 36.0 Å². The molecule has 0 radical (unpaired) electrons. The van der Waals surface area contributed by atoms with Gasteiger partial charge in [-0.15, -0.1) is 5.10 Å². The Balaban J connectivity index is 1.47. The van der Waals surface area contributed by atoms with E-state index in [4.69, 9.17) is 4.74 Å². The van der Waals surface area contributed by atoms with Gasteiger partial charge >= 0.3 is 6.18 Å². The summed E-state index contributed by atoms with van der Waals surface area (Å²) in [4.78, 5) is 18.1. The van der Waals surface area contributed by atoms with Crippen LogP contribution in [0, 0.1) is 5.95 Å². The van der Waals surface area contributed by atoms with E-state index >= 15 is 0 Å². The number of hydrogen-bond acceptors (Lipinski definition) is 5. The third kappa shape index (κ3) is 7.66. The van der Waals surface area contributed by atoms with Crippen LogP contribution in [-0.2, 0) is 4.79 Å². The Morgan fingerprint density at radius 1 is 1.12 bits per heavy atom. The summed E-state index contributed by atoms with van der Waals surface area (Å²) in [6.07, 6.45) is 0.706. The summed E-state index contributed by atoms with van der Waals surface area (Å²) < 4.78 is 62.5. The van der Waals surface area contributed by atoms with Crippen molar-refractivity contribution >= 4 is 28.0 Å². The first-order valence-corrected chi connectivity index (χ1v) is 13.9. The van der Waals surface area contributed by atoms with Crippen molar-refractivity contribution in [2.24, 2.45) is 0 Å². The van der Waals surface area contributed by atoms with Crippen LogP contribution in [0.3, 0.4) is 0 Å². The lowest BCUT2D eigenvalue weighted by atomic mass is 9.88. The molecule has 4 aromatic rings. The minimum absolute atomic E-state index is 0.0413. The van der Waals surface area contributed by atoms with Gasteiger partial charge in [0.1, 0.15) is 6.10 Å². The number of nitrogens with zero attached hydrogens (tertiary/aromatic N) is 3. The molecule has 224 valence electrons. The molecule has 43 heavy (non-hydrogen) atoms. The second-order valence-electron chi connectivity index (χ2n) is 10.3. The van der Waals surface area contributed by atoms with Crippen LogP contribution in [0.25, 0.3) is 22.0 Å². The lowest BCUT2D eigenvalue weighted by molar-refractivity contribution is -0.123. The fourth-order valence-electron chi connectivity index (χ4n) is 5.26. The molecule has 1 aliphatic rings. The molecule has 0 bridgehead atoms. The number of halogens is 4. The Morgan fingerprint density at radius 3 is 2.63 bits per heavy atom. The summed E-state index contributed by atoms with van der Waals surface area (Å²) in [7, 11) is 1.57. The van der Waals surface area contributed by atoms with Crippen LogP contribution in [0.2, 0.25) is 0 Å². The predicted octanol–water partition coefficient (Wildman–Crippen LogP) is 6.15. The number of rotatable bonds is 9. The molecule has 1 saturated heterocycles. The summed E-state index contributed by atoms with van der Waals surface area (Å²) in [6.45, 7) is 2.13. The van der Waals surface area contributed by atoms with Crippen molar-refractivity contribution in [3.63, 3.8) is 0 Å². The molecule has 2 N–H and O–H groups in total. The first-order valence-electron chi connectivity index (χ1n) is 13.9. The Labute approximate surface area is 246 Å². The topological polar surface area (TPSA) is 83.1 Å². The van der Waals surface area contributed by atoms with Gasteiger partial charge in [-0.1, -0.05) is 42.5 Å². The molecule has 5 rings (SSSR count). The highest BCUT2D eigenvalue weighted by atomic mass is 19.4. The van der Waals surface area contributed by atoms with E-state index in [1.165, 1.54) is 18.3 Å². The molecule has 1 atom stereocenters.